The lowest BCUT2D eigenvalue weighted by Gasteiger charge is -2.31. The van der Waals surface area contributed by atoms with E-state index in [1.807, 2.05) is 6.07 Å². The molecule has 2 aromatic rings. The maximum Gasteiger partial charge on any atom is 0.318 e. The number of nitrogens with two attached hydrogens (primary N) is 1. The predicted molar refractivity (Wildman–Crippen MR) is 103 cm³/mol. The average molecular weight is 371 g/mol. The van der Waals surface area contributed by atoms with Gasteiger partial charge in [0.25, 0.3) is 0 Å². The Morgan fingerprint density at radius 2 is 2.15 bits per heavy atom. The first kappa shape index (κ1) is 18.0. The zero-order valence-electron chi connectivity index (χ0n) is 15.9. The second kappa shape index (κ2) is 7.31. The first-order valence-corrected chi connectivity index (χ1v) is 9.51. The van der Waals surface area contributed by atoms with E-state index in [4.69, 9.17) is 10.5 Å². The molecule has 1 fully saturated rings. The number of nitrogens with zero attached hydrogens (tertiary/aromatic N) is 4. The fraction of sp³-hybridized carbons (Fsp3) is 0.500. The van der Waals surface area contributed by atoms with Crippen LogP contribution in [-0.2, 0) is 13.0 Å². The number of likely N-dealkylation sites (tertiary alicyclic amines) is 1. The van der Waals surface area contributed by atoms with Crippen LogP contribution in [-0.4, -0.2) is 47.7 Å². The lowest BCUT2D eigenvalue weighted by Crippen LogP contribution is -2.33. The van der Waals surface area contributed by atoms with Crippen molar-refractivity contribution < 1.29 is 9.13 Å². The van der Waals surface area contributed by atoms with Gasteiger partial charge in [-0.2, -0.15) is 9.97 Å². The maximum atomic E-state index is 13.9. The molecule has 0 spiro atoms. The zero-order chi connectivity index (χ0) is 19.0. The monoisotopic (exact) mass is 371 g/mol. The van der Waals surface area contributed by atoms with E-state index < -0.39 is 0 Å². The fourth-order valence-corrected chi connectivity index (χ4v) is 4.01. The van der Waals surface area contributed by atoms with Crippen molar-refractivity contribution in [2.45, 2.75) is 38.8 Å². The van der Waals surface area contributed by atoms with E-state index in [2.05, 4.69) is 26.8 Å². The van der Waals surface area contributed by atoms with Crippen LogP contribution in [0.3, 0.4) is 0 Å². The smallest absolute Gasteiger partial charge is 0.318 e. The quantitative estimate of drug-likeness (QED) is 0.891. The second-order valence-corrected chi connectivity index (χ2v) is 7.46. The highest BCUT2D eigenvalue weighted by Crippen LogP contribution is 2.30. The molecule has 1 aromatic heterocycles. The molecule has 0 radical (unpaired) electrons. The number of halogens is 1. The number of ether oxygens (including phenoxy) is 1. The van der Waals surface area contributed by atoms with Crippen LogP contribution in [0.1, 0.15) is 29.7 Å². The standard InChI is InChI=1S/C20H26FN5O/c1-13-16(21)6-3-7-18(13)26-10-8-15-17(11-26)23-20(24-19(15)22)27-12-14-5-4-9-25(14)2/h3,6-7,14H,4-5,8-12H2,1-2H3,(H2,22,23,24)/t14-/m0/s1. The maximum absolute atomic E-state index is 13.9. The zero-order valence-corrected chi connectivity index (χ0v) is 15.9. The molecule has 0 amide bonds. The summed E-state index contributed by atoms with van der Waals surface area (Å²) in [6.45, 7) is 4.82. The van der Waals surface area contributed by atoms with Crippen molar-refractivity contribution >= 4 is 11.5 Å². The highest BCUT2D eigenvalue weighted by atomic mass is 19.1. The Balaban J connectivity index is 1.53. The Bertz CT molecular complexity index is 843. The lowest BCUT2D eigenvalue weighted by atomic mass is 10.0. The third-order valence-corrected chi connectivity index (χ3v) is 5.73. The molecule has 6 nitrogen and oxygen atoms in total. The van der Waals surface area contributed by atoms with Crippen molar-refractivity contribution in [1.29, 1.82) is 0 Å². The third kappa shape index (κ3) is 3.56. The van der Waals surface area contributed by atoms with E-state index >= 15 is 0 Å². The van der Waals surface area contributed by atoms with Gasteiger partial charge >= 0.3 is 6.01 Å². The van der Waals surface area contributed by atoms with Crippen LogP contribution in [0.5, 0.6) is 6.01 Å². The SMILES string of the molecule is Cc1c(F)cccc1N1CCc2c(N)nc(OC[C@@H]3CCCN3C)nc2C1. The van der Waals surface area contributed by atoms with Gasteiger partial charge in [-0.15, -0.1) is 0 Å². The molecule has 27 heavy (non-hydrogen) atoms. The van der Waals surface area contributed by atoms with Crippen LogP contribution in [0, 0.1) is 12.7 Å². The number of benzene rings is 1. The molecule has 0 aliphatic carbocycles. The summed E-state index contributed by atoms with van der Waals surface area (Å²) < 4.78 is 19.8. The number of hydrogen-bond donors (Lipinski definition) is 1. The van der Waals surface area contributed by atoms with Crippen LogP contribution >= 0.6 is 0 Å². The number of nitrogen functional groups attached to an aromatic ring is 1. The van der Waals surface area contributed by atoms with Crippen molar-refractivity contribution in [2.24, 2.45) is 0 Å². The second-order valence-electron chi connectivity index (χ2n) is 7.46. The largest absolute Gasteiger partial charge is 0.462 e. The van der Waals surface area contributed by atoms with E-state index in [-0.39, 0.29) is 5.82 Å². The van der Waals surface area contributed by atoms with E-state index in [1.165, 1.54) is 12.5 Å². The molecule has 1 saturated heterocycles. The molecular weight excluding hydrogens is 345 g/mol. The van der Waals surface area contributed by atoms with Gasteiger partial charge in [-0.25, -0.2) is 4.39 Å². The van der Waals surface area contributed by atoms with Gasteiger partial charge in [-0.3, -0.25) is 0 Å². The number of rotatable bonds is 4. The molecule has 0 bridgehead atoms. The van der Waals surface area contributed by atoms with Gasteiger partial charge in [0.2, 0.25) is 0 Å². The number of fused-ring (bicyclic) bond motifs is 1. The van der Waals surface area contributed by atoms with Crippen LogP contribution < -0.4 is 15.4 Å². The summed E-state index contributed by atoms with van der Waals surface area (Å²) in [5.74, 6) is 0.301. The fourth-order valence-electron chi connectivity index (χ4n) is 4.01. The third-order valence-electron chi connectivity index (χ3n) is 5.73. The number of aromatic nitrogens is 2. The minimum atomic E-state index is -0.190. The van der Waals surface area contributed by atoms with Crippen LogP contribution in [0.2, 0.25) is 0 Å². The molecular formula is C20H26FN5O. The summed E-state index contributed by atoms with van der Waals surface area (Å²) in [6, 6.07) is 5.92. The van der Waals surface area contributed by atoms with Crippen molar-refractivity contribution in [2.75, 3.05) is 37.4 Å². The summed E-state index contributed by atoms with van der Waals surface area (Å²) >= 11 is 0. The van der Waals surface area contributed by atoms with Gasteiger partial charge < -0.3 is 20.3 Å². The van der Waals surface area contributed by atoms with E-state index in [0.29, 0.717) is 36.6 Å². The molecule has 144 valence electrons. The molecule has 1 atom stereocenters. The van der Waals surface area contributed by atoms with Gasteiger partial charge in [0.1, 0.15) is 18.2 Å². The van der Waals surface area contributed by atoms with Gasteiger partial charge in [0.05, 0.1) is 12.2 Å². The molecule has 2 aliphatic heterocycles. The first-order valence-electron chi connectivity index (χ1n) is 9.51. The van der Waals surface area contributed by atoms with Crippen molar-refractivity contribution in [3.63, 3.8) is 0 Å². The molecule has 3 heterocycles. The Labute approximate surface area is 159 Å². The van der Waals surface area contributed by atoms with Gasteiger partial charge in [0, 0.05) is 29.4 Å². The van der Waals surface area contributed by atoms with Crippen molar-refractivity contribution in [1.82, 2.24) is 14.9 Å². The summed E-state index contributed by atoms with van der Waals surface area (Å²) in [5.41, 5.74) is 9.57. The van der Waals surface area contributed by atoms with Gasteiger partial charge in [-0.1, -0.05) is 6.07 Å². The molecule has 2 N–H and O–H groups in total. The van der Waals surface area contributed by atoms with Crippen LogP contribution in [0.4, 0.5) is 15.9 Å². The van der Waals surface area contributed by atoms with E-state index in [9.17, 15) is 4.39 Å². The summed E-state index contributed by atoms with van der Waals surface area (Å²) in [7, 11) is 2.11. The predicted octanol–water partition coefficient (Wildman–Crippen LogP) is 2.54. The molecule has 1 aromatic carbocycles. The van der Waals surface area contributed by atoms with Crippen LogP contribution in [0.15, 0.2) is 18.2 Å². The number of anilines is 2. The molecule has 2 aliphatic rings. The Morgan fingerprint density at radius 1 is 1.30 bits per heavy atom. The number of hydrogen-bond acceptors (Lipinski definition) is 6. The molecule has 0 saturated carbocycles. The highest BCUT2D eigenvalue weighted by Gasteiger charge is 2.25. The first-order chi connectivity index (χ1) is 13.0. The normalized spacial score (nSPS) is 20.0. The summed E-state index contributed by atoms with van der Waals surface area (Å²) in [4.78, 5) is 13.4. The molecule has 4 rings (SSSR count). The van der Waals surface area contributed by atoms with Crippen molar-refractivity contribution in [3.05, 3.63) is 40.8 Å². The Morgan fingerprint density at radius 3 is 2.93 bits per heavy atom. The molecule has 7 heteroatoms. The van der Waals surface area contributed by atoms with Gasteiger partial charge in [0.15, 0.2) is 0 Å². The minimum absolute atomic E-state index is 0.190. The highest BCUT2D eigenvalue weighted by molar-refractivity contribution is 5.56. The van der Waals surface area contributed by atoms with Crippen LogP contribution in [0.25, 0.3) is 0 Å². The number of likely N-dealkylation sites (N-methyl/N-ethyl adjacent to an activating group) is 1. The van der Waals surface area contributed by atoms with E-state index in [0.717, 1.165) is 42.9 Å². The lowest BCUT2D eigenvalue weighted by molar-refractivity contribution is 0.187. The average Bonchev–Trinajstić information content (AvgIpc) is 3.07. The topological polar surface area (TPSA) is 67.5 Å². The summed E-state index contributed by atoms with van der Waals surface area (Å²) in [5, 5.41) is 0. The Kier molecular flexibility index (Phi) is 4.86. The summed E-state index contributed by atoms with van der Waals surface area (Å²) in [6.07, 6.45) is 3.06. The van der Waals surface area contributed by atoms with Crippen molar-refractivity contribution in [3.8, 4) is 6.01 Å². The Hall–Kier alpha value is -2.41. The molecule has 0 unspecified atom stereocenters. The van der Waals surface area contributed by atoms with E-state index in [1.54, 1.807) is 13.0 Å². The minimum Gasteiger partial charge on any atom is -0.462 e. The van der Waals surface area contributed by atoms with Gasteiger partial charge in [-0.05, 0) is 51.9 Å².